The molecule has 0 spiro atoms. The molecule has 0 saturated carbocycles. The maximum atomic E-state index is 6.17. The average Bonchev–Trinajstić information content (AvgIpc) is 2.30. The summed E-state index contributed by atoms with van der Waals surface area (Å²) in [5.74, 6) is 0.366. The fourth-order valence-electron chi connectivity index (χ4n) is 2.00. The number of rotatable bonds is 2. The zero-order valence-electron chi connectivity index (χ0n) is 8.73. The largest absolute Gasteiger partial charge is 0.398 e. The zero-order valence-corrected chi connectivity index (χ0v) is 8.73. The van der Waals surface area contributed by atoms with Crippen molar-refractivity contribution in [1.82, 2.24) is 4.98 Å². The second kappa shape index (κ2) is 4.59. The van der Waals surface area contributed by atoms with E-state index in [1.807, 2.05) is 0 Å². The first kappa shape index (κ1) is 10.4. The van der Waals surface area contributed by atoms with Crippen LogP contribution < -0.4 is 11.5 Å². The Balaban J connectivity index is 2.12. The zero-order chi connectivity index (χ0) is 10.7. The molecule has 2 rings (SSSR count). The van der Waals surface area contributed by atoms with Gasteiger partial charge in [0.05, 0.1) is 6.61 Å². The predicted molar refractivity (Wildman–Crippen MR) is 59.1 cm³/mol. The van der Waals surface area contributed by atoms with E-state index >= 15 is 0 Å². The Labute approximate surface area is 89.6 Å². The average molecular weight is 207 g/mol. The summed E-state index contributed by atoms with van der Waals surface area (Å²) in [5.41, 5.74) is 13.7. The molecule has 4 heteroatoms. The third kappa shape index (κ3) is 2.27. The van der Waals surface area contributed by atoms with Crippen LogP contribution in [0.1, 0.15) is 24.4 Å². The lowest BCUT2D eigenvalue weighted by molar-refractivity contribution is 0.0448. The van der Waals surface area contributed by atoms with Gasteiger partial charge in [-0.2, -0.15) is 0 Å². The Morgan fingerprint density at radius 1 is 1.53 bits per heavy atom. The highest BCUT2D eigenvalue weighted by molar-refractivity contribution is 5.46. The van der Waals surface area contributed by atoms with Gasteiger partial charge in [0.2, 0.25) is 0 Å². The van der Waals surface area contributed by atoms with E-state index in [0.29, 0.717) is 5.92 Å². The van der Waals surface area contributed by atoms with E-state index in [1.165, 1.54) is 0 Å². The number of nitrogen functional groups attached to an aromatic ring is 1. The quantitative estimate of drug-likeness (QED) is 0.761. The van der Waals surface area contributed by atoms with Crippen LogP contribution in [0.5, 0.6) is 0 Å². The van der Waals surface area contributed by atoms with Crippen LogP contribution in [0.25, 0.3) is 0 Å². The SMILES string of the molecule is Nc1ccncc1C(N)C1CCCOC1. The summed E-state index contributed by atoms with van der Waals surface area (Å²) in [5, 5.41) is 0. The standard InChI is InChI=1S/C11H17N3O/c12-10-3-4-14-6-9(10)11(13)8-2-1-5-15-7-8/h3-4,6,8,11H,1-2,5,7,13H2,(H2,12,14). The first-order valence-corrected chi connectivity index (χ1v) is 5.31. The van der Waals surface area contributed by atoms with Gasteiger partial charge in [0.1, 0.15) is 0 Å². The van der Waals surface area contributed by atoms with Crippen LogP contribution in [0.3, 0.4) is 0 Å². The molecule has 1 aromatic heterocycles. The van der Waals surface area contributed by atoms with Crippen molar-refractivity contribution >= 4 is 5.69 Å². The fraction of sp³-hybridized carbons (Fsp3) is 0.545. The summed E-state index contributed by atoms with van der Waals surface area (Å²) >= 11 is 0. The van der Waals surface area contributed by atoms with Gasteiger partial charge in [-0.25, -0.2) is 0 Å². The van der Waals surface area contributed by atoms with Crippen LogP contribution in [-0.4, -0.2) is 18.2 Å². The van der Waals surface area contributed by atoms with E-state index in [-0.39, 0.29) is 6.04 Å². The van der Waals surface area contributed by atoms with E-state index in [2.05, 4.69) is 4.98 Å². The predicted octanol–water partition coefficient (Wildman–Crippen LogP) is 1.09. The van der Waals surface area contributed by atoms with Crippen LogP contribution in [-0.2, 0) is 4.74 Å². The number of anilines is 1. The Morgan fingerprint density at radius 2 is 2.40 bits per heavy atom. The summed E-state index contributed by atoms with van der Waals surface area (Å²) in [7, 11) is 0. The lowest BCUT2D eigenvalue weighted by Crippen LogP contribution is -2.29. The molecule has 2 unspecified atom stereocenters. The topological polar surface area (TPSA) is 74.2 Å². The van der Waals surface area contributed by atoms with Crippen molar-refractivity contribution in [2.75, 3.05) is 18.9 Å². The molecule has 1 aliphatic rings. The number of aromatic nitrogens is 1. The lowest BCUT2D eigenvalue weighted by Gasteiger charge is -2.28. The number of hydrogen-bond donors (Lipinski definition) is 2. The van der Waals surface area contributed by atoms with Gasteiger partial charge in [-0.15, -0.1) is 0 Å². The normalized spacial score (nSPS) is 23.7. The summed E-state index contributed by atoms with van der Waals surface area (Å²) in [6.45, 7) is 1.58. The number of pyridine rings is 1. The second-order valence-corrected chi connectivity index (χ2v) is 4.01. The van der Waals surface area contributed by atoms with E-state index in [4.69, 9.17) is 16.2 Å². The molecule has 2 atom stereocenters. The molecule has 0 amide bonds. The molecule has 2 heterocycles. The van der Waals surface area contributed by atoms with Crippen molar-refractivity contribution in [2.24, 2.45) is 11.7 Å². The van der Waals surface area contributed by atoms with Crippen molar-refractivity contribution in [3.05, 3.63) is 24.0 Å². The van der Waals surface area contributed by atoms with Crippen molar-refractivity contribution in [3.8, 4) is 0 Å². The summed E-state index contributed by atoms with van der Waals surface area (Å²) in [6.07, 6.45) is 5.63. The van der Waals surface area contributed by atoms with Crippen molar-refractivity contribution in [3.63, 3.8) is 0 Å². The first-order chi connectivity index (χ1) is 7.29. The van der Waals surface area contributed by atoms with Gasteiger partial charge in [-0.05, 0) is 18.9 Å². The molecule has 1 saturated heterocycles. The Bertz CT molecular complexity index is 323. The van der Waals surface area contributed by atoms with Crippen LogP contribution >= 0.6 is 0 Å². The number of nitrogens with zero attached hydrogens (tertiary/aromatic N) is 1. The van der Waals surface area contributed by atoms with Crippen molar-refractivity contribution in [1.29, 1.82) is 0 Å². The Kier molecular flexibility index (Phi) is 3.18. The fourth-order valence-corrected chi connectivity index (χ4v) is 2.00. The Morgan fingerprint density at radius 3 is 3.07 bits per heavy atom. The van der Waals surface area contributed by atoms with Gasteiger partial charge in [0, 0.05) is 42.2 Å². The highest BCUT2D eigenvalue weighted by Crippen LogP contribution is 2.29. The molecular weight excluding hydrogens is 190 g/mol. The minimum absolute atomic E-state index is 0.0565. The molecule has 4 N–H and O–H groups in total. The van der Waals surface area contributed by atoms with E-state index in [0.717, 1.165) is 37.3 Å². The monoisotopic (exact) mass is 207 g/mol. The maximum absolute atomic E-state index is 6.17. The smallest absolute Gasteiger partial charge is 0.0512 e. The summed E-state index contributed by atoms with van der Waals surface area (Å²) in [4.78, 5) is 4.06. The van der Waals surface area contributed by atoms with Gasteiger partial charge >= 0.3 is 0 Å². The lowest BCUT2D eigenvalue weighted by atomic mass is 9.89. The van der Waals surface area contributed by atoms with Crippen LogP contribution in [0.4, 0.5) is 5.69 Å². The number of hydrogen-bond acceptors (Lipinski definition) is 4. The van der Waals surface area contributed by atoms with E-state index < -0.39 is 0 Å². The molecule has 1 fully saturated rings. The summed E-state index contributed by atoms with van der Waals surface area (Å²) < 4.78 is 5.42. The first-order valence-electron chi connectivity index (χ1n) is 5.31. The Hall–Kier alpha value is -1.13. The van der Waals surface area contributed by atoms with Gasteiger partial charge in [0.25, 0.3) is 0 Å². The minimum Gasteiger partial charge on any atom is -0.398 e. The maximum Gasteiger partial charge on any atom is 0.0512 e. The second-order valence-electron chi connectivity index (χ2n) is 4.01. The molecular formula is C11H17N3O. The number of nitrogens with two attached hydrogens (primary N) is 2. The van der Waals surface area contributed by atoms with Crippen LogP contribution in [0, 0.1) is 5.92 Å². The molecule has 1 aliphatic heterocycles. The molecule has 0 aromatic carbocycles. The highest BCUT2D eigenvalue weighted by atomic mass is 16.5. The van der Waals surface area contributed by atoms with Gasteiger partial charge in [-0.3, -0.25) is 4.98 Å². The number of ether oxygens (including phenoxy) is 1. The van der Waals surface area contributed by atoms with Crippen molar-refractivity contribution < 1.29 is 4.74 Å². The third-order valence-corrected chi connectivity index (χ3v) is 2.95. The van der Waals surface area contributed by atoms with Gasteiger partial charge in [-0.1, -0.05) is 0 Å². The molecule has 0 bridgehead atoms. The van der Waals surface area contributed by atoms with Gasteiger partial charge in [0.15, 0.2) is 0 Å². The molecule has 15 heavy (non-hydrogen) atoms. The van der Waals surface area contributed by atoms with E-state index in [1.54, 1.807) is 18.5 Å². The molecule has 4 nitrogen and oxygen atoms in total. The third-order valence-electron chi connectivity index (χ3n) is 2.95. The minimum atomic E-state index is -0.0565. The molecule has 0 aliphatic carbocycles. The molecule has 1 aromatic rings. The van der Waals surface area contributed by atoms with Crippen LogP contribution in [0.15, 0.2) is 18.5 Å². The van der Waals surface area contributed by atoms with Crippen molar-refractivity contribution in [2.45, 2.75) is 18.9 Å². The van der Waals surface area contributed by atoms with Gasteiger partial charge < -0.3 is 16.2 Å². The highest BCUT2D eigenvalue weighted by Gasteiger charge is 2.23. The molecule has 0 radical (unpaired) electrons. The molecule has 82 valence electrons. The van der Waals surface area contributed by atoms with E-state index in [9.17, 15) is 0 Å². The van der Waals surface area contributed by atoms with Crippen LogP contribution in [0.2, 0.25) is 0 Å². The summed E-state index contributed by atoms with van der Waals surface area (Å²) in [6, 6.07) is 1.73.